The molecule has 0 atom stereocenters. The lowest BCUT2D eigenvalue weighted by Gasteiger charge is -2.08. The zero-order valence-electron chi connectivity index (χ0n) is 12.8. The monoisotopic (exact) mass is 500 g/mol. The van der Waals surface area contributed by atoms with E-state index in [9.17, 15) is 4.79 Å². The smallest absolute Gasteiger partial charge is 0.250 e. The lowest BCUT2D eigenvalue weighted by molar-refractivity contribution is -0.111. The molecule has 0 aliphatic heterocycles. The van der Waals surface area contributed by atoms with E-state index in [1.54, 1.807) is 19.3 Å². The molecule has 0 bridgehead atoms. The second-order valence-electron chi connectivity index (χ2n) is 4.96. The Morgan fingerprint density at radius 3 is 2.88 bits per heavy atom. The molecule has 0 spiro atoms. The van der Waals surface area contributed by atoms with E-state index in [4.69, 9.17) is 16.3 Å². The van der Waals surface area contributed by atoms with Gasteiger partial charge in [-0.3, -0.25) is 10.1 Å². The van der Waals surface area contributed by atoms with Crippen molar-refractivity contribution in [3.63, 3.8) is 0 Å². The number of rotatable bonds is 4. The van der Waals surface area contributed by atoms with Gasteiger partial charge in [0.05, 0.1) is 21.8 Å². The topological polar surface area (TPSA) is 51.2 Å². The van der Waals surface area contributed by atoms with Crippen molar-refractivity contribution in [3.8, 4) is 5.75 Å². The Balaban J connectivity index is 1.78. The Labute approximate surface area is 170 Å². The van der Waals surface area contributed by atoms with Crippen molar-refractivity contribution in [1.82, 2.24) is 4.98 Å². The molecule has 2 aromatic carbocycles. The van der Waals surface area contributed by atoms with Crippen molar-refractivity contribution in [1.29, 1.82) is 0 Å². The number of hydrogen-bond acceptors (Lipinski definition) is 4. The molecule has 0 saturated heterocycles. The Bertz CT molecular complexity index is 988. The van der Waals surface area contributed by atoms with Crippen LogP contribution in [0.4, 0.5) is 5.13 Å². The van der Waals surface area contributed by atoms with Crippen LogP contribution < -0.4 is 10.1 Å². The highest BCUT2D eigenvalue weighted by Crippen LogP contribution is 2.33. The van der Waals surface area contributed by atoms with Crippen LogP contribution in [0.2, 0.25) is 5.02 Å². The summed E-state index contributed by atoms with van der Waals surface area (Å²) in [4.78, 5) is 16.5. The lowest BCUT2D eigenvalue weighted by atomic mass is 10.2. The number of aromatic nitrogens is 1. The summed E-state index contributed by atoms with van der Waals surface area (Å²) in [5.41, 5.74) is 1.57. The molecule has 1 amide bonds. The van der Waals surface area contributed by atoms with Gasteiger partial charge in [0.2, 0.25) is 5.91 Å². The molecule has 3 rings (SSSR count). The minimum absolute atomic E-state index is 0.275. The van der Waals surface area contributed by atoms with E-state index in [1.165, 1.54) is 17.4 Å². The van der Waals surface area contributed by atoms with Gasteiger partial charge in [-0.15, -0.1) is 0 Å². The van der Waals surface area contributed by atoms with Crippen LogP contribution in [0.15, 0.2) is 45.4 Å². The van der Waals surface area contributed by atoms with Crippen molar-refractivity contribution in [3.05, 3.63) is 55.9 Å². The molecular formula is C17H11Br2ClN2O2S. The van der Waals surface area contributed by atoms with Crippen LogP contribution in [0.5, 0.6) is 5.75 Å². The maximum atomic E-state index is 12.2. The molecular weight excluding hydrogens is 492 g/mol. The number of carbonyl (C=O) groups is 1. The number of nitrogens with one attached hydrogen (secondary N) is 1. The van der Waals surface area contributed by atoms with Gasteiger partial charge in [0.15, 0.2) is 5.13 Å². The normalized spacial score (nSPS) is 11.2. The predicted molar refractivity (Wildman–Crippen MR) is 111 cm³/mol. The minimum atomic E-state index is -0.275. The molecule has 1 aromatic heterocycles. The molecule has 1 N–H and O–H groups in total. The van der Waals surface area contributed by atoms with Gasteiger partial charge < -0.3 is 4.74 Å². The first-order valence-corrected chi connectivity index (χ1v) is 9.82. The Hall–Kier alpha value is -1.41. The van der Waals surface area contributed by atoms with Crippen LogP contribution in [-0.4, -0.2) is 18.0 Å². The summed E-state index contributed by atoms with van der Waals surface area (Å²) in [6.07, 6.45) is 3.13. The fourth-order valence-corrected chi connectivity index (χ4v) is 4.75. The van der Waals surface area contributed by atoms with E-state index >= 15 is 0 Å². The summed E-state index contributed by atoms with van der Waals surface area (Å²) in [6.45, 7) is 0. The highest BCUT2D eigenvalue weighted by molar-refractivity contribution is 9.11. The first-order valence-electron chi connectivity index (χ1n) is 7.04. The quantitative estimate of drug-likeness (QED) is 0.437. The SMILES string of the molecule is COc1c(Br)cc(Br)cc1C=CC(=O)Nc1nc2ccc(Cl)cc2s1. The number of hydrogen-bond donors (Lipinski definition) is 1. The van der Waals surface area contributed by atoms with Crippen molar-refractivity contribution >= 4 is 82.1 Å². The van der Waals surface area contributed by atoms with Crippen LogP contribution in [0.25, 0.3) is 16.3 Å². The van der Waals surface area contributed by atoms with Crippen LogP contribution in [0, 0.1) is 0 Å². The molecule has 0 radical (unpaired) electrons. The van der Waals surface area contributed by atoms with Gasteiger partial charge in [-0.25, -0.2) is 4.98 Å². The van der Waals surface area contributed by atoms with Crippen molar-refractivity contribution in [2.75, 3.05) is 12.4 Å². The number of benzene rings is 2. The molecule has 0 aliphatic rings. The second kappa shape index (κ2) is 7.86. The van der Waals surface area contributed by atoms with E-state index in [2.05, 4.69) is 42.2 Å². The number of methoxy groups -OCH3 is 1. The number of anilines is 1. The maximum absolute atomic E-state index is 12.2. The Morgan fingerprint density at radius 1 is 1.32 bits per heavy atom. The summed E-state index contributed by atoms with van der Waals surface area (Å²) in [6, 6.07) is 9.16. The highest BCUT2D eigenvalue weighted by Gasteiger charge is 2.09. The number of carbonyl (C=O) groups excluding carboxylic acids is 1. The van der Waals surface area contributed by atoms with Gasteiger partial charge in [-0.05, 0) is 52.3 Å². The average molecular weight is 503 g/mol. The van der Waals surface area contributed by atoms with Crippen molar-refractivity contribution in [2.24, 2.45) is 0 Å². The molecule has 128 valence electrons. The highest BCUT2D eigenvalue weighted by atomic mass is 79.9. The first-order chi connectivity index (χ1) is 12.0. The third-order valence-electron chi connectivity index (χ3n) is 3.24. The van der Waals surface area contributed by atoms with E-state index in [-0.39, 0.29) is 5.91 Å². The van der Waals surface area contributed by atoms with Crippen LogP contribution >= 0.6 is 54.8 Å². The third kappa shape index (κ3) is 4.41. The Kier molecular flexibility index (Phi) is 5.78. The van der Waals surface area contributed by atoms with Gasteiger partial charge in [0.25, 0.3) is 0 Å². The number of ether oxygens (including phenoxy) is 1. The summed E-state index contributed by atoms with van der Waals surface area (Å²) < 4.78 is 7.96. The molecule has 4 nitrogen and oxygen atoms in total. The molecule has 25 heavy (non-hydrogen) atoms. The van der Waals surface area contributed by atoms with Crippen LogP contribution in [0.3, 0.4) is 0 Å². The average Bonchev–Trinajstić information content (AvgIpc) is 2.93. The van der Waals surface area contributed by atoms with Gasteiger partial charge >= 0.3 is 0 Å². The van der Waals surface area contributed by atoms with Gasteiger partial charge in [-0.2, -0.15) is 0 Å². The van der Waals surface area contributed by atoms with Crippen LogP contribution in [0.1, 0.15) is 5.56 Å². The van der Waals surface area contributed by atoms with Gasteiger partial charge in [0.1, 0.15) is 5.75 Å². The fourth-order valence-electron chi connectivity index (χ4n) is 2.18. The van der Waals surface area contributed by atoms with E-state index < -0.39 is 0 Å². The number of thiazole rings is 1. The number of fused-ring (bicyclic) bond motifs is 1. The summed E-state index contributed by atoms with van der Waals surface area (Å²) in [7, 11) is 1.58. The molecule has 1 heterocycles. The Morgan fingerprint density at radius 2 is 2.12 bits per heavy atom. The zero-order valence-corrected chi connectivity index (χ0v) is 17.6. The van der Waals surface area contributed by atoms with E-state index in [1.807, 2.05) is 24.3 Å². The van der Waals surface area contributed by atoms with E-state index in [0.717, 1.165) is 24.7 Å². The first kappa shape index (κ1) is 18.4. The molecule has 0 saturated carbocycles. The van der Waals surface area contributed by atoms with Gasteiger partial charge in [-0.1, -0.05) is 38.9 Å². The van der Waals surface area contributed by atoms with Crippen molar-refractivity contribution < 1.29 is 9.53 Å². The lowest BCUT2D eigenvalue weighted by Crippen LogP contribution is -2.07. The number of amides is 1. The molecule has 0 fully saturated rings. The molecule has 0 aliphatic carbocycles. The predicted octanol–water partition coefficient (Wildman–Crippen LogP) is 6.14. The third-order valence-corrected chi connectivity index (χ3v) is 5.45. The number of halogens is 3. The maximum Gasteiger partial charge on any atom is 0.250 e. The number of nitrogens with zero attached hydrogens (tertiary/aromatic N) is 1. The molecule has 0 unspecified atom stereocenters. The van der Waals surface area contributed by atoms with Crippen LogP contribution in [-0.2, 0) is 4.79 Å². The van der Waals surface area contributed by atoms with Gasteiger partial charge in [0, 0.05) is 21.1 Å². The molecule has 3 aromatic rings. The molecule has 8 heteroatoms. The van der Waals surface area contributed by atoms with E-state index in [0.29, 0.717) is 15.9 Å². The minimum Gasteiger partial charge on any atom is -0.495 e. The second-order valence-corrected chi connectivity index (χ2v) is 8.20. The summed E-state index contributed by atoms with van der Waals surface area (Å²) in [5, 5.41) is 3.92. The summed E-state index contributed by atoms with van der Waals surface area (Å²) in [5.74, 6) is 0.380. The van der Waals surface area contributed by atoms with Crippen molar-refractivity contribution in [2.45, 2.75) is 0 Å². The standard InChI is InChI=1S/C17H11Br2ClN2O2S/c1-24-16-9(6-10(18)7-12(16)19)2-5-15(23)22-17-21-13-4-3-11(20)8-14(13)25-17/h2-8H,1H3,(H,21,22,23). The zero-order chi connectivity index (χ0) is 18.0. The summed E-state index contributed by atoms with van der Waals surface area (Å²) >= 11 is 14.2. The largest absolute Gasteiger partial charge is 0.495 e. The fraction of sp³-hybridized carbons (Fsp3) is 0.0588.